The lowest BCUT2D eigenvalue weighted by molar-refractivity contribution is 0.141. The Morgan fingerprint density at radius 2 is 1.67 bits per heavy atom. The second-order valence-electron chi connectivity index (χ2n) is 4.26. The highest BCUT2D eigenvalue weighted by atomic mass is 16.5. The topological polar surface area (TPSA) is 44.5 Å². The van der Waals surface area contributed by atoms with Crippen molar-refractivity contribution in [2.45, 2.75) is 26.8 Å². The third kappa shape index (κ3) is 10.4. The highest BCUT2D eigenvalue weighted by molar-refractivity contribution is 5.20. The minimum absolute atomic E-state index is 0.198. The zero-order valence-corrected chi connectivity index (χ0v) is 13.3. The molecule has 0 fully saturated rings. The number of hydrogen-bond acceptors (Lipinski definition) is 3. The van der Waals surface area contributed by atoms with Crippen molar-refractivity contribution in [2.24, 2.45) is 5.73 Å². The first kappa shape index (κ1) is 19.0. The van der Waals surface area contributed by atoms with Gasteiger partial charge in [-0.3, -0.25) is 0 Å². The Labute approximate surface area is 128 Å². The van der Waals surface area contributed by atoms with Crippen LogP contribution in [0.4, 0.5) is 0 Å². The fourth-order valence-electron chi connectivity index (χ4n) is 1.35. The molecule has 0 saturated heterocycles. The van der Waals surface area contributed by atoms with Gasteiger partial charge < -0.3 is 15.2 Å². The summed E-state index contributed by atoms with van der Waals surface area (Å²) in [6, 6.07) is -0.198. The van der Waals surface area contributed by atoms with Gasteiger partial charge in [-0.25, -0.2) is 0 Å². The molecule has 116 valence electrons. The van der Waals surface area contributed by atoms with E-state index in [-0.39, 0.29) is 6.04 Å². The number of rotatable bonds is 10. The molecule has 0 bridgehead atoms. The van der Waals surface area contributed by atoms with Crippen molar-refractivity contribution in [1.82, 2.24) is 0 Å². The molecule has 0 aromatic rings. The molecule has 0 radical (unpaired) electrons. The van der Waals surface area contributed by atoms with Gasteiger partial charge in [0, 0.05) is 0 Å². The molecule has 0 rings (SSSR count). The van der Waals surface area contributed by atoms with Gasteiger partial charge in [-0.1, -0.05) is 37.0 Å². The zero-order valence-electron chi connectivity index (χ0n) is 13.3. The van der Waals surface area contributed by atoms with Crippen molar-refractivity contribution in [3.63, 3.8) is 0 Å². The minimum Gasteiger partial charge on any atom is -0.492 e. The lowest BCUT2D eigenvalue weighted by Gasteiger charge is -2.15. The van der Waals surface area contributed by atoms with Crippen LogP contribution in [0.3, 0.4) is 0 Å². The smallest absolute Gasteiger partial charge is 0.119 e. The molecule has 3 nitrogen and oxygen atoms in total. The highest BCUT2D eigenvalue weighted by Gasteiger charge is 2.05. The summed E-state index contributed by atoms with van der Waals surface area (Å²) in [5.74, 6) is 1.55. The average Bonchev–Trinajstić information content (AvgIpc) is 2.50. The maximum absolute atomic E-state index is 5.99. The molecule has 0 aliphatic heterocycles. The number of ether oxygens (including phenoxy) is 2. The van der Waals surface area contributed by atoms with Crippen molar-refractivity contribution in [1.29, 1.82) is 0 Å². The molecular formula is C18H27NO2. The summed E-state index contributed by atoms with van der Waals surface area (Å²) in [5.41, 5.74) is 5.99. The quantitative estimate of drug-likeness (QED) is 0.488. The summed E-state index contributed by atoms with van der Waals surface area (Å²) in [7, 11) is 0. The molecule has 0 heterocycles. The molecule has 0 aromatic heterocycles. The molecule has 21 heavy (non-hydrogen) atoms. The van der Waals surface area contributed by atoms with Gasteiger partial charge in [0.2, 0.25) is 0 Å². The Balaban J connectivity index is 4.33. The summed E-state index contributed by atoms with van der Waals surface area (Å²) in [5, 5.41) is 0. The zero-order chi connectivity index (χ0) is 15.9. The van der Waals surface area contributed by atoms with E-state index in [1.54, 1.807) is 6.08 Å². The molecule has 0 aromatic carbocycles. The van der Waals surface area contributed by atoms with Crippen LogP contribution < -0.4 is 5.73 Å². The van der Waals surface area contributed by atoms with E-state index in [2.05, 4.69) is 6.58 Å². The van der Waals surface area contributed by atoms with Gasteiger partial charge in [-0.05, 0) is 45.1 Å². The highest BCUT2D eigenvalue weighted by Crippen LogP contribution is 2.04. The van der Waals surface area contributed by atoms with E-state index >= 15 is 0 Å². The van der Waals surface area contributed by atoms with Gasteiger partial charge in [0.25, 0.3) is 0 Å². The molecular weight excluding hydrogens is 262 g/mol. The lowest BCUT2D eigenvalue weighted by atomic mass is 10.3. The molecule has 0 aliphatic rings. The van der Waals surface area contributed by atoms with Crippen molar-refractivity contribution >= 4 is 0 Å². The van der Waals surface area contributed by atoms with Crippen molar-refractivity contribution in [3.05, 3.63) is 72.8 Å². The maximum atomic E-state index is 5.99. The van der Waals surface area contributed by atoms with Gasteiger partial charge in [0.15, 0.2) is 0 Å². The third-order valence-corrected chi connectivity index (χ3v) is 2.39. The van der Waals surface area contributed by atoms with E-state index < -0.39 is 0 Å². The first-order valence-electron chi connectivity index (χ1n) is 7.10. The Kier molecular flexibility index (Phi) is 11.8. The van der Waals surface area contributed by atoms with E-state index in [1.807, 2.05) is 69.4 Å². The van der Waals surface area contributed by atoms with Crippen LogP contribution in [-0.2, 0) is 9.47 Å². The predicted molar refractivity (Wildman–Crippen MR) is 90.7 cm³/mol. The van der Waals surface area contributed by atoms with Crippen LogP contribution in [-0.4, -0.2) is 19.3 Å². The molecule has 0 aliphatic carbocycles. The lowest BCUT2D eigenvalue weighted by Crippen LogP contribution is -2.31. The van der Waals surface area contributed by atoms with Crippen LogP contribution in [0.5, 0.6) is 0 Å². The average molecular weight is 289 g/mol. The van der Waals surface area contributed by atoms with E-state index in [9.17, 15) is 0 Å². The summed E-state index contributed by atoms with van der Waals surface area (Å²) in [4.78, 5) is 0. The molecule has 0 spiro atoms. The van der Waals surface area contributed by atoms with Crippen molar-refractivity contribution in [2.75, 3.05) is 13.2 Å². The first-order valence-corrected chi connectivity index (χ1v) is 7.10. The molecule has 1 atom stereocenters. The first-order chi connectivity index (χ1) is 10.2. The summed E-state index contributed by atoms with van der Waals surface area (Å²) in [6.45, 7) is 10.3. The van der Waals surface area contributed by atoms with Crippen LogP contribution in [0.25, 0.3) is 0 Å². The second kappa shape index (κ2) is 13.0. The fourth-order valence-corrected chi connectivity index (χ4v) is 1.35. The second-order valence-corrected chi connectivity index (χ2v) is 4.26. The minimum atomic E-state index is -0.198. The van der Waals surface area contributed by atoms with Crippen LogP contribution in [0.1, 0.15) is 20.8 Å². The van der Waals surface area contributed by atoms with E-state index in [1.165, 1.54) is 0 Å². The molecule has 3 heteroatoms. The number of hydrogen-bond donors (Lipinski definition) is 1. The number of nitrogens with two attached hydrogens (primary N) is 1. The number of allylic oxidation sites excluding steroid dienone is 9. The van der Waals surface area contributed by atoms with Crippen LogP contribution in [0, 0.1) is 0 Å². The van der Waals surface area contributed by atoms with Crippen molar-refractivity contribution in [3.8, 4) is 0 Å². The standard InChI is InChI=1S/C18H27NO2/c1-5-9-12-18(13-10-6-2)21-15-16(19)14-20-17(8-4)11-7-3/h5-13,16H,1,14-15,19H2,2-4H3/b10-6-,11-7-,12-9-,17-8+,18-13+. The molecule has 0 amide bonds. The monoisotopic (exact) mass is 289 g/mol. The van der Waals surface area contributed by atoms with Crippen LogP contribution >= 0.6 is 0 Å². The predicted octanol–water partition coefficient (Wildman–Crippen LogP) is 4.03. The van der Waals surface area contributed by atoms with Crippen molar-refractivity contribution < 1.29 is 9.47 Å². The Bertz CT molecular complexity index is 428. The van der Waals surface area contributed by atoms with Gasteiger partial charge in [0.1, 0.15) is 24.7 Å². The summed E-state index contributed by atoms with van der Waals surface area (Å²) < 4.78 is 11.3. The molecule has 0 saturated carbocycles. The Morgan fingerprint density at radius 3 is 2.19 bits per heavy atom. The van der Waals surface area contributed by atoms with E-state index in [0.29, 0.717) is 13.2 Å². The van der Waals surface area contributed by atoms with E-state index in [4.69, 9.17) is 15.2 Å². The van der Waals surface area contributed by atoms with Gasteiger partial charge in [0.05, 0.1) is 6.04 Å². The largest absolute Gasteiger partial charge is 0.492 e. The van der Waals surface area contributed by atoms with Gasteiger partial charge in [-0.15, -0.1) is 0 Å². The van der Waals surface area contributed by atoms with Gasteiger partial charge in [-0.2, -0.15) is 0 Å². The normalized spacial score (nSPS) is 15.0. The van der Waals surface area contributed by atoms with Crippen LogP contribution in [0.15, 0.2) is 72.8 Å². The van der Waals surface area contributed by atoms with Crippen LogP contribution in [0.2, 0.25) is 0 Å². The summed E-state index contributed by atoms with van der Waals surface area (Å²) in [6.07, 6.45) is 16.8. The third-order valence-electron chi connectivity index (χ3n) is 2.39. The fraction of sp³-hybridized carbons (Fsp3) is 0.333. The SMILES string of the molecule is C=C\C=C/C(=C\C=C/C)OCC(N)COC(/C=C\C)=C/C. The van der Waals surface area contributed by atoms with E-state index in [0.717, 1.165) is 11.5 Å². The summed E-state index contributed by atoms with van der Waals surface area (Å²) >= 11 is 0. The maximum Gasteiger partial charge on any atom is 0.119 e. The molecule has 2 N–H and O–H groups in total. The molecule has 1 unspecified atom stereocenters. The van der Waals surface area contributed by atoms with Gasteiger partial charge >= 0.3 is 0 Å². The Morgan fingerprint density at radius 1 is 1.00 bits per heavy atom. The Hall–Kier alpha value is -2.00.